The molecule has 0 aliphatic heterocycles. The lowest BCUT2D eigenvalue weighted by Crippen LogP contribution is -2.15. The molecule has 2 nitrogen and oxygen atoms in total. The molecule has 3 heteroatoms. The van der Waals surface area contributed by atoms with Gasteiger partial charge < -0.3 is 10.2 Å². The van der Waals surface area contributed by atoms with Crippen molar-refractivity contribution in [2.75, 3.05) is 13.2 Å². The van der Waals surface area contributed by atoms with Gasteiger partial charge in [-0.25, -0.2) is 0 Å². The predicted octanol–water partition coefficient (Wildman–Crippen LogP) is -0.0458. The third kappa shape index (κ3) is 1.52. The van der Waals surface area contributed by atoms with Crippen molar-refractivity contribution < 1.29 is 10.2 Å². The van der Waals surface area contributed by atoms with E-state index in [9.17, 15) is 0 Å². The van der Waals surface area contributed by atoms with Gasteiger partial charge in [0.05, 0.1) is 7.85 Å². The van der Waals surface area contributed by atoms with Crippen LogP contribution >= 0.6 is 0 Å². The fourth-order valence-electron chi connectivity index (χ4n) is 1.71. The molecule has 0 aromatic heterocycles. The lowest BCUT2D eigenvalue weighted by atomic mass is 9.85. The normalized spacial score (nSPS) is 35.0. The molecule has 1 rings (SSSR count). The Bertz CT molecular complexity index is 95.8. The molecule has 0 amide bonds. The third-order valence-electron chi connectivity index (χ3n) is 2.35. The van der Waals surface area contributed by atoms with Gasteiger partial charge in [0.1, 0.15) is 0 Å². The fourth-order valence-corrected chi connectivity index (χ4v) is 1.71. The van der Waals surface area contributed by atoms with E-state index in [4.69, 9.17) is 18.1 Å². The molecule has 1 aliphatic rings. The van der Waals surface area contributed by atoms with Crippen molar-refractivity contribution in [2.45, 2.75) is 18.7 Å². The van der Waals surface area contributed by atoms with Gasteiger partial charge in [-0.15, -0.1) is 0 Å². The summed E-state index contributed by atoms with van der Waals surface area (Å²) in [5.41, 5.74) is 0. The van der Waals surface area contributed by atoms with Crippen LogP contribution in [0.25, 0.3) is 0 Å². The second-order valence-electron chi connectivity index (χ2n) is 3.12. The minimum Gasteiger partial charge on any atom is -0.396 e. The molecule has 0 aromatic carbocycles. The zero-order chi connectivity index (χ0) is 7.56. The molecule has 0 aromatic rings. The Kier molecular flexibility index (Phi) is 2.75. The summed E-state index contributed by atoms with van der Waals surface area (Å²) < 4.78 is 0. The molecule has 1 aliphatic carbocycles. The first kappa shape index (κ1) is 8.09. The molecule has 0 bridgehead atoms. The lowest BCUT2D eigenvalue weighted by molar-refractivity contribution is 0.141. The molecule has 0 heterocycles. The largest absolute Gasteiger partial charge is 0.396 e. The van der Waals surface area contributed by atoms with Crippen LogP contribution in [0.3, 0.4) is 0 Å². The van der Waals surface area contributed by atoms with Gasteiger partial charge >= 0.3 is 0 Å². The molecule has 1 fully saturated rings. The van der Waals surface area contributed by atoms with Crippen LogP contribution in [0, 0.1) is 11.8 Å². The zero-order valence-electron chi connectivity index (χ0n) is 6.03. The van der Waals surface area contributed by atoms with Gasteiger partial charge in [-0.1, -0.05) is 18.7 Å². The maximum absolute atomic E-state index is 8.82. The first-order valence-electron chi connectivity index (χ1n) is 3.75. The van der Waals surface area contributed by atoms with Crippen LogP contribution in [-0.4, -0.2) is 31.3 Å². The topological polar surface area (TPSA) is 40.5 Å². The Labute approximate surface area is 62.7 Å². The Hall–Kier alpha value is -0.0151. The molecule has 2 N–H and O–H groups in total. The summed E-state index contributed by atoms with van der Waals surface area (Å²) in [6.07, 6.45) is 1.73. The first-order chi connectivity index (χ1) is 4.77. The van der Waals surface area contributed by atoms with Crippen LogP contribution in [0.5, 0.6) is 0 Å². The Morgan fingerprint density at radius 1 is 1.10 bits per heavy atom. The van der Waals surface area contributed by atoms with Crippen molar-refractivity contribution in [3.05, 3.63) is 0 Å². The summed E-state index contributed by atoms with van der Waals surface area (Å²) in [5.74, 6) is 0.661. The second kappa shape index (κ2) is 3.40. The average molecular weight is 140 g/mol. The molecule has 2 radical (unpaired) electrons. The standard InChI is InChI=1S/C7H13BO2/c8-7-1-5(3-9)6(2-7)4-10/h5-7,9-10H,1-4H2/t5-,6-/m1/s1. The predicted molar refractivity (Wildman–Crippen MR) is 39.9 cm³/mol. The maximum Gasteiger partial charge on any atom is 0.0699 e. The summed E-state index contributed by atoms with van der Waals surface area (Å²) in [6.45, 7) is 0.331. The summed E-state index contributed by atoms with van der Waals surface area (Å²) in [7, 11) is 5.64. The van der Waals surface area contributed by atoms with E-state index in [0.717, 1.165) is 12.8 Å². The van der Waals surface area contributed by atoms with Crippen molar-refractivity contribution in [1.82, 2.24) is 0 Å². The van der Waals surface area contributed by atoms with Crippen molar-refractivity contribution in [3.8, 4) is 0 Å². The van der Waals surface area contributed by atoms with E-state index in [2.05, 4.69) is 0 Å². The van der Waals surface area contributed by atoms with Gasteiger partial charge in [-0.2, -0.15) is 0 Å². The van der Waals surface area contributed by atoms with Crippen molar-refractivity contribution >= 4 is 7.85 Å². The zero-order valence-corrected chi connectivity index (χ0v) is 6.03. The Balaban J connectivity index is 2.41. The molecule has 2 atom stereocenters. The number of hydrogen-bond acceptors (Lipinski definition) is 2. The molecule has 10 heavy (non-hydrogen) atoms. The average Bonchev–Trinajstić information content (AvgIpc) is 2.30. The molecule has 1 saturated carbocycles. The first-order valence-corrected chi connectivity index (χ1v) is 3.75. The Morgan fingerprint density at radius 3 is 1.80 bits per heavy atom. The molecular weight excluding hydrogens is 127 g/mol. The molecule has 0 spiro atoms. The van der Waals surface area contributed by atoms with Gasteiger partial charge in [-0.3, -0.25) is 0 Å². The van der Waals surface area contributed by atoms with E-state index < -0.39 is 0 Å². The van der Waals surface area contributed by atoms with Crippen molar-refractivity contribution in [1.29, 1.82) is 0 Å². The molecule has 0 saturated heterocycles. The van der Waals surface area contributed by atoms with Gasteiger partial charge in [-0.05, 0) is 11.8 Å². The van der Waals surface area contributed by atoms with E-state index >= 15 is 0 Å². The molecule has 56 valence electrons. The highest BCUT2D eigenvalue weighted by molar-refractivity contribution is 6.11. The van der Waals surface area contributed by atoms with Crippen molar-refractivity contribution in [3.63, 3.8) is 0 Å². The van der Waals surface area contributed by atoms with E-state index in [1.165, 1.54) is 0 Å². The van der Waals surface area contributed by atoms with E-state index in [1.54, 1.807) is 0 Å². The Morgan fingerprint density at radius 2 is 1.50 bits per heavy atom. The number of aliphatic hydroxyl groups is 2. The number of aliphatic hydroxyl groups excluding tert-OH is 2. The van der Waals surface area contributed by atoms with E-state index in [0.29, 0.717) is 0 Å². The van der Waals surface area contributed by atoms with Crippen LogP contribution < -0.4 is 0 Å². The van der Waals surface area contributed by atoms with Gasteiger partial charge in [0, 0.05) is 13.2 Å². The summed E-state index contributed by atoms with van der Waals surface area (Å²) in [5, 5.41) is 17.6. The quantitative estimate of drug-likeness (QED) is 0.528. The molecular formula is C7H13BO2. The van der Waals surface area contributed by atoms with Gasteiger partial charge in [0.2, 0.25) is 0 Å². The lowest BCUT2D eigenvalue weighted by Gasteiger charge is -2.12. The van der Waals surface area contributed by atoms with E-state index in [-0.39, 0.29) is 30.9 Å². The minimum absolute atomic E-state index is 0.166. The monoisotopic (exact) mass is 140 g/mol. The highest BCUT2D eigenvalue weighted by atomic mass is 16.3. The van der Waals surface area contributed by atoms with E-state index in [1.807, 2.05) is 0 Å². The number of hydrogen-bond donors (Lipinski definition) is 2. The summed E-state index contributed by atoms with van der Waals surface area (Å²) in [4.78, 5) is 0. The maximum atomic E-state index is 8.82. The third-order valence-corrected chi connectivity index (χ3v) is 2.35. The van der Waals surface area contributed by atoms with Crippen LogP contribution in [-0.2, 0) is 0 Å². The fraction of sp³-hybridized carbons (Fsp3) is 1.00. The smallest absolute Gasteiger partial charge is 0.0699 e. The van der Waals surface area contributed by atoms with Crippen LogP contribution in [0.2, 0.25) is 5.82 Å². The van der Waals surface area contributed by atoms with Gasteiger partial charge in [0.25, 0.3) is 0 Å². The highest BCUT2D eigenvalue weighted by Gasteiger charge is 2.30. The summed E-state index contributed by atoms with van der Waals surface area (Å²) in [6, 6.07) is 0. The van der Waals surface area contributed by atoms with Crippen LogP contribution in [0.15, 0.2) is 0 Å². The SMILES string of the molecule is [B]C1C[C@H](CO)[C@@H](CO)C1. The van der Waals surface area contributed by atoms with Crippen molar-refractivity contribution in [2.24, 2.45) is 11.8 Å². The van der Waals surface area contributed by atoms with Gasteiger partial charge in [0.15, 0.2) is 0 Å². The minimum atomic E-state index is 0.166. The summed E-state index contributed by atoms with van der Waals surface area (Å²) >= 11 is 0. The molecule has 0 unspecified atom stereocenters. The number of rotatable bonds is 2. The highest BCUT2D eigenvalue weighted by Crippen LogP contribution is 2.37. The van der Waals surface area contributed by atoms with Crippen LogP contribution in [0.1, 0.15) is 12.8 Å². The second-order valence-corrected chi connectivity index (χ2v) is 3.12. The van der Waals surface area contributed by atoms with Crippen LogP contribution in [0.4, 0.5) is 0 Å².